The number of benzene rings is 2. The predicted molar refractivity (Wildman–Crippen MR) is 110 cm³/mol. The minimum absolute atomic E-state index is 0.00352. The molecule has 1 heterocycles. The normalized spacial score (nSPS) is 10.9. The molecular formula is C20H15FN4O5S. The van der Waals surface area contributed by atoms with Gasteiger partial charge in [-0.1, -0.05) is 0 Å². The number of halogens is 1. The summed E-state index contributed by atoms with van der Waals surface area (Å²) < 4.78 is 19.0. The fraction of sp³-hybridized carbons (Fsp3) is 0.100. The molecule has 0 saturated carbocycles. The molecule has 31 heavy (non-hydrogen) atoms. The number of aromatic nitrogens is 3. The number of aryl methyl sites for hydroxylation is 1. The van der Waals surface area contributed by atoms with Crippen LogP contribution in [0.15, 0.2) is 58.4 Å². The van der Waals surface area contributed by atoms with Crippen molar-refractivity contribution < 1.29 is 23.8 Å². The van der Waals surface area contributed by atoms with Gasteiger partial charge in [-0.05, 0) is 66.3 Å². The van der Waals surface area contributed by atoms with Gasteiger partial charge >= 0.3 is 11.9 Å². The molecule has 0 radical (unpaired) electrons. The van der Waals surface area contributed by atoms with Crippen molar-refractivity contribution in [1.29, 1.82) is 0 Å². The summed E-state index contributed by atoms with van der Waals surface area (Å²) in [6, 6.07) is 11.2. The molecule has 158 valence electrons. The average Bonchev–Trinajstić information content (AvgIpc) is 2.74. The molecule has 0 atom stereocenters. The molecule has 0 bridgehead atoms. The van der Waals surface area contributed by atoms with E-state index in [1.807, 2.05) is 0 Å². The van der Waals surface area contributed by atoms with Crippen molar-refractivity contribution in [3.63, 3.8) is 0 Å². The maximum atomic E-state index is 12.9. The second kappa shape index (κ2) is 9.67. The van der Waals surface area contributed by atoms with Gasteiger partial charge in [-0.25, -0.2) is 9.18 Å². The van der Waals surface area contributed by atoms with E-state index in [9.17, 15) is 18.8 Å². The van der Waals surface area contributed by atoms with Crippen LogP contribution in [0, 0.1) is 10.6 Å². The molecule has 3 rings (SSSR count). The third-order valence-electron chi connectivity index (χ3n) is 3.99. The van der Waals surface area contributed by atoms with Crippen LogP contribution in [0.25, 0.3) is 0 Å². The van der Waals surface area contributed by atoms with Gasteiger partial charge in [-0.2, -0.15) is 14.9 Å². The number of hydrogen-bond acceptors (Lipinski definition) is 7. The maximum Gasteiger partial charge on any atom is 0.343 e. The van der Waals surface area contributed by atoms with Crippen molar-refractivity contribution >= 4 is 30.4 Å². The summed E-state index contributed by atoms with van der Waals surface area (Å²) in [6.45, 7) is 0. The van der Waals surface area contributed by atoms with E-state index in [2.05, 4.69) is 15.3 Å². The molecule has 0 amide bonds. The highest BCUT2D eigenvalue weighted by Gasteiger charge is 2.10. The van der Waals surface area contributed by atoms with Gasteiger partial charge in [0, 0.05) is 6.42 Å². The summed E-state index contributed by atoms with van der Waals surface area (Å²) in [6.07, 6.45) is 1.04. The van der Waals surface area contributed by atoms with Crippen LogP contribution in [-0.2, 0) is 11.2 Å². The van der Waals surface area contributed by atoms with E-state index in [-0.39, 0.29) is 34.6 Å². The van der Waals surface area contributed by atoms with Crippen molar-refractivity contribution in [1.82, 2.24) is 14.9 Å². The Morgan fingerprint density at radius 3 is 2.52 bits per heavy atom. The van der Waals surface area contributed by atoms with Crippen LogP contribution in [0.5, 0.6) is 5.75 Å². The molecule has 0 aliphatic carbocycles. The number of H-pyrrole nitrogens is 1. The fourth-order valence-corrected chi connectivity index (χ4v) is 2.59. The molecule has 2 aromatic carbocycles. The molecule has 0 fully saturated rings. The van der Waals surface area contributed by atoms with E-state index in [1.54, 1.807) is 12.1 Å². The molecule has 9 nitrogen and oxygen atoms in total. The van der Waals surface area contributed by atoms with Gasteiger partial charge in [-0.15, -0.1) is 0 Å². The second-order valence-corrected chi connectivity index (χ2v) is 6.58. The van der Waals surface area contributed by atoms with Gasteiger partial charge in [0.2, 0.25) is 4.77 Å². The molecule has 0 saturated heterocycles. The zero-order chi connectivity index (χ0) is 22.4. The Bertz CT molecular complexity index is 1250. The summed E-state index contributed by atoms with van der Waals surface area (Å²) in [7, 11) is 0. The highest BCUT2D eigenvalue weighted by molar-refractivity contribution is 7.71. The first-order valence-electron chi connectivity index (χ1n) is 8.88. The van der Waals surface area contributed by atoms with E-state index in [1.165, 1.54) is 30.5 Å². The quantitative estimate of drug-likeness (QED) is 0.249. The standard InChI is InChI=1S/C20H15FN4O5S/c21-14-5-3-13(4-6-14)19(29)30-15-7-1-12(2-8-15)11-22-25-18(28)16(9-10-17(26)27)23-24-20(25)31/h1-8,11H,9-10H2,(H,24,31)(H,26,27)/b22-11-. The number of rotatable bonds is 7. The summed E-state index contributed by atoms with van der Waals surface area (Å²) in [5.41, 5.74) is 0.158. The fourth-order valence-electron chi connectivity index (χ4n) is 2.42. The lowest BCUT2D eigenvalue weighted by atomic mass is 10.2. The highest BCUT2D eigenvalue weighted by atomic mass is 32.1. The van der Waals surface area contributed by atoms with Crippen molar-refractivity contribution in [2.45, 2.75) is 12.8 Å². The molecule has 0 aliphatic heterocycles. The van der Waals surface area contributed by atoms with Crippen molar-refractivity contribution in [2.75, 3.05) is 0 Å². The summed E-state index contributed by atoms with van der Waals surface area (Å²) >= 11 is 5.01. The maximum absolute atomic E-state index is 12.9. The number of carboxylic acid groups (broad SMARTS) is 1. The number of aliphatic carboxylic acids is 1. The Balaban J connectivity index is 1.72. The Hall–Kier alpha value is -3.99. The summed E-state index contributed by atoms with van der Waals surface area (Å²) in [4.78, 5) is 35.1. The number of aromatic amines is 1. The van der Waals surface area contributed by atoms with Crippen LogP contribution in [0.2, 0.25) is 0 Å². The predicted octanol–water partition coefficient (Wildman–Crippen LogP) is 2.56. The lowest BCUT2D eigenvalue weighted by Gasteiger charge is -2.05. The number of hydrogen-bond donors (Lipinski definition) is 2. The number of carbonyl (C=O) groups excluding carboxylic acids is 1. The Labute approximate surface area is 179 Å². The number of ether oxygens (including phenoxy) is 1. The van der Waals surface area contributed by atoms with Crippen LogP contribution >= 0.6 is 12.2 Å². The molecule has 0 unspecified atom stereocenters. The number of esters is 1. The van der Waals surface area contributed by atoms with Gasteiger partial charge in [0.1, 0.15) is 17.3 Å². The third kappa shape index (κ3) is 5.76. The monoisotopic (exact) mass is 442 g/mol. The molecule has 3 aromatic rings. The molecule has 2 N–H and O–H groups in total. The van der Waals surface area contributed by atoms with Crippen LogP contribution in [0.1, 0.15) is 28.0 Å². The van der Waals surface area contributed by atoms with Gasteiger partial charge in [-0.3, -0.25) is 14.7 Å². The lowest BCUT2D eigenvalue weighted by Crippen LogP contribution is -2.25. The van der Waals surface area contributed by atoms with E-state index < -0.39 is 23.3 Å². The summed E-state index contributed by atoms with van der Waals surface area (Å²) in [5.74, 6) is -1.88. The topological polar surface area (TPSA) is 127 Å². The number of nitrogens with one attached hydrogen (secondary N) is 1. The van der Waals surface area contributed by atoms with Crippen LogP contribution < -0.4 is 10.3 Å². The summed E-state index contributed by atoms with van der Waals surface area (Å²) in [5, 5.41) is 19.0. The second-order valence-electron chi connectivity index (χ2n) is 6.20. The zero-order valence-electron chi connectivity index (χ0n) is 15.8. The largest absolute Gasteiger partial charge is 0.481 e. The van der Waals surface area contributed by atoms with E-state index in [0.717, 1.165) is 16.8 Å². The Morgan fingerprint density at radius 2 is 1.87 bits per heavy atom. The van der Waals surface area contributed by atoms with Gasteiger partial charge in [0.15, 0.2) is 0 Å². The van der Waals surface area contributed by atoms with Crippen LogP contribution in [0.4, 0.5) is 4.39 Å². The van der Waals surface area contributed by atoms with E-state index >= 15 is 0 Å². The lowest BCUT2D eigenvalue weighted by molar-refractivity contribution is -0.137. The minimum atomic E-state index is -1.06. The minimum Gasteiger partial charge on any atom is -0.481 e. The first-order valence-corrected chi connectivity index (χ1v) is 9.29. The van der Waals surface area contributed by atoms with Crippen molar-refractivity contribution in [3.8, 4) is 5.75 Å². The van der Waals surface area contributed by atoms with Gasteiger partial charge in [0.05, 0.1) is 18.2 Å². The number of carbonyl (C=O) groups is 2. The molecular weight excluding hydrogens is 427 g/mol. The van der Waals surface area contributed by atoms with Crippen LogP contribution in [0.3, 0.4) is 0 Å². The molecule has 11 heteroatoms. The number of nitrogens with zero attached hydrogens (tertiary/aromatic N) is 3. The van der Waals surface area contributed by atoms with Gasteiger partial charge < -0.3 is 9.84 Å². The Morgan fingerprint density at radius 1 is 1.19 bits per heavy atom. The van der Waals surface area contributed by atoms with Crippen molar-refractivity contribution in [2.24, 2.45) is 5.10 Å². The van der Waals surface area contributed by atoms with Crippen LogP contribution in [-0.4, -0.2) is 38.1 Å². The smallest absolute Gasteiger partial charge is 0.343 e. The molecule has 0 aliphatic rings. The average molecular weight is 442 g/mol. The molecule has 0 spiro atoms. The third-order valence-corrected chi connectivity index (χ3v) is 4.25. The first-order chi connectivity index (χ1) is 14.8. The number of carboxylic acids is 1. The van der Waals surface area contributed by atoms with Gasteiger partial charge in [0.25, 0.3) is 5.56 Å². The SMILES string of the molecule is O=C(O)CCc1n[nH]c(=S)n(/N=C\c2ccc(OC(=O)c3ccc(F)cc3)cc2)c1=O. The Kier molecular flexibility index (Phi) is 6.78. The molecule has 1 aromatic heterocycles. The van der Waals surface area contributed by atoms with E-state index in [4.69, 9.17) is 22.1 Å². The zero-order valence-corrected chi connectivity index (χ0v) is 16.6. The van der Waals surface area contributed by atoms with E-state index in [0.29, 0.717) is 5.56 Å². The first kappa shape index (κ1) is 21.7. The highest BCUT2D eigenvalue weighted by Crippen LogP contribution is 2.14. The van der Waals surface area contributed by atoms with Crippen molar-refractivity contribution in [3.05, 3.63) is 86.3 Å².